The van der Waals surface area contributed by atoms with Crippen LogP contribution in [0, 0.1) is 5.41 Å². The van der Waals surface area contributed by atoms with Crippen molar-refractivity contribution in [1.29, 1.82) is 0 Å². The fourth-order valence-corrected chi connectivity index (χ4v) is 2.46. The summed E-state index contributed by atoms with van der Waals surface area (Å²) in [7, 11) is 0. The quantitative estimate of drug-likeness (QED) is 0.639. The first-order valence-corrected chi connectivity index (χ1v) is 6.78. The molecule has 0 bridgehead atoms. The van der Waals surface area contributed by atoms with Crippen LogP contribution in [0.2, 0.25) is 0 Å². The molecule has 0 aromatic rings. The number of hydrogen-bond donors (Lipinski definition) is 3. The lowest BCUT2D eigenvalue weighted by Gasteiger charge is -2.24. The third-order valence-corrected chi connectivity index (χ3v) is 3.82. The van der Waals surface area contributed by atoms with E-state index in [4.69, 9.17) is 5.73 Å². The number of carboxylic acid groups (broad SMARTS) is 1. The number of aliphatic carboxylic acids is 1. The van der Waals surface area contributed by atoms with Gasteiger partial charge in [0.15, 0.2) is 0 Å². The highest BCUT2D eigenvalue weighted by Crippen LogP contribution is 2.37. The Labute approximate surface area is 108 Å². The van der Waals surface area contributed by atoms with Gasteiger partial charge in [-0.3, -0.25) is 9.59 Å². The third-order valence-electron chi connectivity index (χ3n) is 3.82. The number of amides is 1. The van der Waals surface area contributed by atoms with Gasteiger partial charge in [-0.05, 0) is 19.3 Å². The standard InChI is InChI=1S/C13H24N2O3/c1-2-3-6-10(14)11(16)15-9-13(12(17)18)7-4-5-8-13/h10H,2-9,14H2,1H3,(H,15,16)(H,17,18)/t10-/m0/s1. The molecule has 1 aliphatic carbocycles. The lowest BCUT2D eigenvalue weighted by Crippen LogP contribution is -2.47. The minimum atomic E-state index is -0.803. The summed E-state index contributed by atoms with van der Waals surface area (Å²) in [5.74, 6) is -1.03. The van der Waals surface area contributed by atoms with E-state index in [1.165, 1.54) is 0 Å². The number of carbonyl (C=O) groups excluding carboxylic acids is 1. The SMILES string of the molecule is CCCC[C@H](N)C(=O)NCC1(C(=O)O)CCCC1. The molecule has 1 rings (SSSR count). The molecule has 0 saturated heterocycles. The van der Waals surface area contributed by atoms with Gasteiger partial charge in [-0.1, -0.05) is 32.6 Å². The van der Waals surface area contributed by atoms with Crippen molar-refractivity contribution in [3.63, 3.8) is 0 Å². The zero-order valence-corrected chi connectivity index (χ0v) is 11.1. The molecule has 1 fully saturated rings. The summed E-state index contributed by atoms with van der Waals surface area (Å²) in [5.41, 5.74) is 4.98. The maximum absolute atomic E-state index is 11.7. The summed E-state index contributed by atoms with van der Waals surface area (Å²) < 4.78 is 0. The van der Waals surface area contributed by atoms with E-state index in [9.17, 15) is 14.7 Å². The Kier molecular flexibility index (Phi) is 5.59. The zero-order chi connectivity index (χ0) is 13.6. The minimum Gasteiger partial charge on any atom is -0.481 e. The van der Waals surface area contributed by atoms with Gasteiger partial charge in [-0.2, -0.15) is 0 Å². The maximum Gasteiger partial charge on any atom is 0.311 e. The molecule has 104 valence electrons. The Morgan fingerprint density at radius 3 is 2.50 bits per heavy atom. The number of rotatable bonds is 7. The molecule has 0 aliphatic heterocycles. The molecule has 0 aromatic heterocycles. The van der Waals surface area contributed by atoms with E-state index in [0.29, 0.717) is 19.3 Å². The normalized spacial score (nSPS) is 19.4. The van der Waals surface area contributed by atoms with Crippen molar-refractivity contribution in [3.05, 3.63) is 0 Å². The van der Waals surface area contributed by atoms with Crippen LogP contribution in [0.15, 0.2) is 0 Å². The van der Waals surface area contributed by atoms with Crippen LogP contribution in [0.1, 0.15) is 51.9 Å². The zero-order valence-electron chi connectivity index (χ0n) is 11.1. The molecule has 5 nitrogen and oxygen atoms in total. The molecule has 18 heavy (non-hydrogen) atoms. The second kappa shape index (κ2) is 6.73. The second-order valence-corrected chi connectivity index (χ2v) is 5.26. The Balaban J connectivity index is 2.43. The van der Waals surface area contributed by atoms with Gasteiger partial charge < -0.3 is 16.2 Å². The van der Waals surface area contributed by atoms with Crippen molar-refractivity contribution in [2.75, 3.05) is 6.54 Å². The molecule has 4 N–H and O–H groups in total. The van der Waals surface area contributed by atoms with E-state index in [0.717, 1.165) is 25.7 Å². The van der Waals surface area contributed by atoms with Gasteiger partial charge in [-0.25, -0.2) is 0 Å². The van der Waals surface area contributed by atoms with Crippen LogP contribution in [0.25, 0.3) is 0 Å². The highest BCUT2D eigenvalue weighted by atomic mass is 16.4. The van der Waals surface area contributed by atoms with Crippen molar-refractivity contribution in [2.24, 2.45) is 11.1 Å². The smallest absolute Gasteiger partial charge is 0.311 e. The molecule has 0 heterocycles. The van der Waals surface area contributed by atoms with Crippen molar-refractivity contribution < 1.29 is 14.7 Å². The first-order valence-electron chi connectivity index (χ1n) is 6.78. The summed E-state index contributed by atoms with van der Waals surface area (Å²) in [6, 6.07) is -0.516. The molecule has 0 aromatic carbocycles. The van der Waals surface area contributed by atoms with Crippen molar-refractivity contribution >= 4 is 11.9 Å². The van der Waals surface area contributed by atoms with Crippen LogP contribution < -0.4 is 11.1 Å². The van der Waals surface area contributed by atoms with Crippen LogP contribution in [-0.2, 0) is 9.59 Å². The Hall–Kier alpha value is -1.10. The third kappa shape index (κ3) is 3.70. The van der Waals surface area contributed by atoms with Gasteiger partial charge in [0.05, 0.1) is 11.5 Å². The first-order chi connectivity index (χ1) is 8.52. The minimum absolute atomic E-state index is 0.209. The number of carboxylic acids is 1. The number of nitrogens with two attached hydrogens (primary N) is 1. The number of nitrogens with one attached hydrogen (secondary N) is 1. The van der Waals surface area contributed by atoms with Gasteiger partial charge in [0.25, 0.3) is 0 Å². The molecule has 0 unspecified atom stereocenters. The molecule has 5 heteroatoms. The molecule has 1 saturated carbocycles. The molecule has 1 amide bonds. The van der Waals surface area contributed by atoms with Crippen LogP contribution >= 0.6 is 0 Å². The number of carbonyl (C=O) groups is 2. The van der Waals surface area contributed by atoms with Crippen molar-refractivity contribution in [3.8, 4) is 0 Å². The van der Waals surface area contributed by atoms with Gasteiger partial charge in [0, 0.05) is 6.54 Å². The topological polar surface area (TPSA) is 92.4 Å². The van der Waals surface area contributed by atoms with E-state index in [1.54, 1.807) is 0 Å². The molecule has 0 radical (unpaired) electrons. The lowest BCUT2D eigenvalue weighted by molar-refractivity contribution is -0.148. The molecular weight excluding hydrogens is 232 g/mol. The molecule has 0 spiro atoms. The molecular formula is C13H24N2O3. The fraction of sp³-hybridized carbons (Fsp3) is 0.846. The number of hydrogen-bond acceptors (Lipinski definition) is 3. The van der Waals surface area contributed by atoms with E-state index < -0.39 is 17.4 Å². The first kappa shape index (κ1) is 15.0. The van der Waals surface area contributed by atoms with Crippen LogP contribution in [0.3, 0.4) is 0 Å². The highest BCUT2D eigenvalue weighted by Gasteiger charge is 2.41. The van der Waals surface area contributed by atoms with Crippen molar-refractivity contribution in [1.82, 2.24) is 5.32 Å². The van der Waals surface area contributed by atoms with Gasteiger partial charge in [-0.15, -0.1) is 0 Å². The van der Waals surface area contributed by atoms with Crippen LogP contribution in [-0.4, -0.2) is 29.6 Å². The maximum atomic E-state index is 11.7. The molecule has 1 aliphatic rings. The molecule has 1 atom stereocenters. The summed E-state index contributed by atoms with van der Waals surface area (Å²) in [6.45, 7) is 2.25. The van der Waals surface area contributed by atoms with E-state index in [-0.39, 0.29) is 12.5 Å². The highest BCUT2D eigenvalue weighted by molar-refractivity contribution is 5.82. The average Bonchev–Trinajstić information content (AvgIpc) is 2.83. The van der Waals surface area contributed by atoms with Crippen LogP contribution in [0.4, 0.5) is 0 Å². The Morgan fingerprint density at radius 1 is 1.39 bits per heavy atom. The van der Waals surface area contributed by atoms with E-state index in [2.05, 4.69) is 5.32 Å². The van der Waals surface area contributed by atoms with Crippen molar-refractivity contribution in [2.45, 2.75) is 57.9 Å². The monoisotopic (exact) mass is 256 g/mol. The average molecular weight is 256 g/mol. The Morgan fingerprint density at radius 2 is 2.00 bits per heavy atom. The summed E-state index contributed by atoms with van der Waals surface area (Å²) in [5, 5.41) is 12.0. The largest absolute Gasteiger partial charge is 0.481 e. The van der Waals surface area contributed by atoms with Gasteiger partial charge in [0.1, 0.15) is 0 Å². The summed E-state index contributed by atoms with van der Waals surface area (Å²) in [6.07, 6.45) is 5.70. The van der Waals surface area contributed by atoms with E-state index in [1.807, 2.05) is 6.92 Å². The second-order valence-electron chi connectivity index (χ2n) is 5.26. The van der Waals surface area contributed by atoms with Gasteiger partial charge in [0.2, 0.25) is 5.91 Å². The fourth-order valence-electron chi connectivity index (χ4n) is 2.46. The van der Waals surface area contributed by atoms with E-state index >= 15 is 0 Å². The number of unbranched alkanes of at least 4 members (excludes halogenated alkanes) is 1. The summed E-state index contributed by atoms with van der Waals surface area (Å²) in [4.78, 5) is 23.0. The Bertz CT molecular complexity index is 299. The predicted molar refractivity (Wildman–Crippen MR) is 69.0 cm³/mol. The lowest BCUT2D eigenvalue weighted by atomic mass is 9.86. The van der Waals surface area contributed by atoms with Crippen LogP contribution in [0.5, 0.6) is 0 Å². The predicted octanol–water partition coefficient (Wildman–Crippen LogP) is 1.27. The summed E-state index contributed by atoms with van der Waals surface area (Å²) >= 11 is 0. The van der Waals surface area contributed by atoms with Gasteiger partial charge >= 0.3 is 5.97 Å².